The van der Waals surface area contributed by atoms with Crippen molar-refractivity contribution in [2.45, 2.75) is 51.7 Å². The number of thioether (sulfide) groups is 1. The Labute approximate surface area is 212 Å². The molecule has 1 fully saturated rings. The van der Waals surface area contributed by atoms with Gasteiger partial charge >= 0.3 is 6.03 Å². The molecule has 2 amide bonds. The summed E-state index contributed by atoms with van der Waals surface area (Å²) in [5, 5.41) is 13.6. The van der Waals surface area contributed by atoms with Gasteiger partial charge in [-0.05, 0) is 74.4 Å². The molecule has 1 saturated heterocycles. The average Bonchev–Trinajstić information content (AvgIpc) is 3.53. The molecule has 6 nitrogen and oxygen atoms in total. The Morgan fingerprint density at radius 3 is 2.74 bits per heavy atom. The summed E-state index contributed by atoms with van der Waals surface area (Å²) in [6, 6.07) is 14.1. The van der Waals surface area contributed by atoms with E-state index in [0.29, 0.717) is 11.3 Å². The third kappa shape index (κ3) is 5.54. The van der Waals surface area contributed by atoms with E-state index in [1.165, 1.54) is 22.9 Å². The number of fused-ring (bicyclic) bond motifs is 1. The van der Waals surface area contributed by atoms with Crippen molar-refractivity contribution in [1.29, 1.82) is 5.26 Å². The van der Waals surface area contributed by atoms with E-state index in [4.69, 9.17) is 4.74 Å². The number of nitrogens with zero attached hydrogens (tertiary/aromatic N) is 3. The van der Waals surface area contributed by atoms with Gasteiger partial charge in [0.2, 0.25) is 0 Å². The molecule has 1 aliphatic carbocycles. The molecule has 1 heterocycles. The summed E-state index contributed by atoms with van der Waals surface area (Å²) in [4.78, 5) is 19.9. The fourth-order valence-electron chi connectivity index (χ4n) is 4.74. The zero-order valence-corrected chi connectivity index (χ0v) is 21.5. The van der Waals surface area contributed by atoms with Crippen LogP contribution >= 0.6 is 11.8 Å². The number of benzene rings is 2. The molecule has 35 heavy (non-hydrogen) atoms. The highest BCUT2D eigenvalue weighted by Gasteiger charge is 2.29. The Balaban J connectivity index is 1.51. The highest BCUT2D eigenvalue weighted by atomic mass is 32.2. The van der Waals surface area contributed by atoms with Crippen molar-refractivity contribution in [2.24, 2.45) is 4.99 Å². The lowest BCUT2D eigenvalue weighted by molar-refractivity contribution is 0.204. The molecule has 1 atom stereocenters. The second-order valence-electron chi connectivity index (χ2n) is 9.15. The van der Waals surface area contributed by atoms with Gasteiger partial charge in [0.25, 0.3) is 0 Å². The minimum atomic E-state index is -0.00875. The van der Waals surface area contributed by atoms with Crippen LogP contribution in [0.15, 0.2) is 48.0 Å². The SMILES string of the molecule is C=C(SC(=NC)c1ccc(OC(C)C)c(C#N)c1)c1cccc2c1CCC2NC(=O)N1CCCC1. The van der Waals surface area contributed by atoms with Crippen molar-refractivity contribution in [3.05, 3.63) is 70.8 Å². The maximum atomic E-state index is 12.7. The van der Waals surface area contributed by atoms with Crippen molar-refractivity contribution in [2.75, 3.05) is 20.1 Å². The van der Waals surface area contributed by atoms with Crippen LogP contribution in [-0.4, -0.2) is 42.2 Å². The van der Waals surface area contributed by atoms with Crippen LogP contribution in [0.4, 0.5) is 4.79 Å². The third-order valence-electron chi connectivity index (χ3n) is 6.39. The number of likely N-dealkylation sites (tertiary alicyclic amines) is 1. The van der Waals surface area contributed by atoms with Crippen molar-refractivity contribution in [1.82, 2.24) is 10.2 Å². The number of nitriles is 1. The standard InChI is InChI=1S/C28H32N4O2S/c1-18(2)34-26-13-10-20(16-21(26)17-29)27(30-4)35-19(3)22-8-7-9-24-23(22)11-12-25(24)31-28(33)32-14-5-6-15-32/h7-10,13,16,18,25H,3,5-6,11-12,14-15H2,1-2,4H3,(H,31,33). The zero-order valence-electron chi connectivity index (χ0n) is 20.6. The Bertz CT molecular complexity index is 1190. The van der Waals surface area contributed by atoms with Crippen LogP contribution in [0.2, 0.25) is 0 Å². The van der Waals surface area contributed by atoms with Crippen LogP contribution in [0.25, 0.3) is 4.91 Å². The largest absolute Gasteiger partial charge is 0.490 e. The number of rotatable bonds is 6. The number of carbonyl (C=O) groups excluding carboxylic acids is 1. The number of hydrogen-bond donors (Lipinski definition) is 1. The van der Waals surface area contributed by atoms with E-state index >= 15 is 0 Å². The molecule has 0 bridgehead atoms. The van der Waals surface area contributed by atoms with E-state index in [0.717, 1.165) is 59.8 Å². The topological polar surface area (TPSA) is 77.7 Å². The summed E-state index contributed by atoms with van der Waals surface area (Å²) >= 11 is 1.50. The fraction of sp³-hybridized carbons (Fsp3) is 0.393. The lowest BCUT2D eigenvalue weighted by atomic mass is 10.0. The van der Waals surface area contributed by atoms with E-state index in [1.54, 1.807) is 7.05 Å². The number of urea groups is 1. The first-order chi connectivity index (χ1) is 16.9. The molecule has 1 unspecified atom stereocenters. The maximum Gasteiger partial charge on any atom is 0.317 e. The van der Waals surface area contributed by atoms with Gasteiger partial charge < -0.3 is 15.0 Å². The first-order valence-electron chi connectivity index (χ1n) is 12.1. The summed E-state index contributed by atoms with van der Waals surface area (Å²) in [5.74, 6) is 0.577. The van der Waals surface area contributed by atoms with Gasteiger partial charge in [0.05, 0.1) is 17.7 Å². The molecule has 182 valence electrons. The van der Waals surface area contributed by atoms with Crippen molar-refractivity contribution in [3.63, 3.8) is 0 Å². The number of carbonyl (C=O) groups is 1. The minimum absolute atomic E-state index is 0.00875. The quantitative estimate of drug-likeness (QED) is 0.404. The molecule has 4 rings (SSSR count). The van der Waals surface area contributed by atoms with Gasteiger partial charge in [-0.3, -0.25) is 4.99 Å². The smallest absolute Gasteiger partial charge is 0.317 e. The number of hydrogen-bond acceptors (Lipinski definition) is 5. The molecule has 7 heteroatoms. The molecule has 0 radical (unpaired) electrons. The molecule has 2 aromatic carbocycles. The predicted molar refractivity (Wildman–Crippen MR) is 143 cm³/mol. The van der Waals surface area contributed by atoms with E-state index in [2.05, 4.69) is 35.1 Å². The highest BCUT2D eigenvalue weighted by molar-refractivity contribution is 8.22. The number of amides is 2. The van der Waals surface area contributed by atoms with Crippen molar-refractivity contribution < 1.29 is 9.53 Å². The molecular weight excluding hydrogens is 456 g/mol. The molecule has 0 aromatic heterocycles. The van der Waals surface area contributed by atoms with Crippen LogP contribution in [0, 0.1) is 11.3 Å². The maximum absolute atomic E-state index is 12.7. The summed E-state index contributed by atoms with van der Waals surface area (Å²) < 4.78 is 5.76. The second kappa shape index (κ2) is 11.0. The van der Waals surface area contributed by atoms with E-state index in [-0.39, 0.29) is 18.2 Å². The van der Waals surface area contributed by atoms with E-state index in [1.807, 2.05) is 43.0 Å². The molecule has 2 aromatic rings. The molecule has 1 N–H and O–H groups in total. The normalized spacial score (nSPS) is 17.3. The van der Waals surface area contributed by atoms with E-state index < -0.39 is 0 Å². The van der Waals surface area contributed by atoms with Crippen LogP contribution < -0.4 is 10.1 Å². The molecule has 0 spiro atoms. The predicted octanol–water partition coefficient (Wildman–Crippen LogP) is 5.92. The van der Waals surface area contributed by atoms with Gasteiger partial charge in [-0.25, -0.2) is 4.79 Å². The zero-order chi connectivity index (χ0) is 24.9. The molecular formula is C28H32N4O2S. The summed E-state index contributed by atoms with van der Waals surface area (Å²) in [7, 11) is 1.75. The molecule has 2 aliphatic rings. The Hall–Kier alpha value is -3.24. The number of ether oxygens (including phenoxy) is 1. The van der Waals surface area contributed by atoms with Gasteiger partial charge in [0, 0.05) is 30.6 Å². The Kier molecular flexibility index (Phi) is 7.82. The van der Waals surface area contributed by atoms with Crippen molar-refractivity contribution in [3.8, 4) is 11.8 Å². The van der Waals surface area contributed by atoms with Gasteiger partial charge in [-0.2, -0.15) is 5.26 Å². The van der Waals surface area contributed by atoms with Gasteiger partial charge in [-0.15, -0.1) is 0 Å². The average molecular weight is 489 g/mol. The lowest BCUT2D eigenvalue weighted by Gasteiger charge is -2.21. The Morgan fingerprint density at radius 2 is 2.06 bits per heavy atom. The highest BCUT2D eigenvalue weighted by Crippen LogP contribution is 2.40. The first-order valence-corrected chi connectivity index (χ1v) is 12.9. The summed E-state index contributed by atoms with van der Waals surface area (Å²) in [6.45, 7) is 9.93. The lowest BCUT2D eigenvalue weighted by Crippen LogP contribution is -2.39. The number of aliphatic imine (C=N–C) groups is 1. The number of nitrogens with one attached hydrogen (secondary N) is 1. The monoisotopic (exact) mass is 488 g/mol. The Morgan fingerprint density at radius 1 is 1.29 bits per heavy atom. The van der Waals surface area contributed by atoms with Crippen LogP contribution in [0.3, 0.4) is 0 Å². The third-order valence-corrected chi connectivity index (χ3v) is 7.47. The minimum Gasteiger partial charge on any atom is -0.490 e. The summed E-state index contributed by atoms with van der Waals surface area (Å²) in [6.07, 6.45) is 3.95. The van der Waals surface area contributed by atoms with Gasteiger partial charge in [-0.1, -0.05) is 36.5 Å². The second-order valence-corrected chi connectivity index (χ2v) is 10.2. The van der Waals surface area contributed by atoms with Gasteiger partial charge in [0.15, 0.2) is 0 Å². The van der Waals surface area contributed by atoms with Gasteiger partial charge in [0.1, 0.15) is 16.9 Å². The summed E-state index contributed by atoms with van der Waals surface area (Å²) in [5.41, 5.74) is 4.85. The van der Waals surface area contributed by atoms with Crippen LogP contribution in [0.5, 0.6) is 5.75 Å². The molecule has 1 aliphatic heterocycles. The van der Waals surface area contributed by atoms with Crippen LogP contribution in [-0.2, 0) is 6.42 Å². The van der Waals surface area contributed by atoms with Crippen LogP contribution in [0.1, 0.15) is 67.0 Å². The van der Waals surface area contributed by atoms with Crippen molar-refractivity contribution >= 4 is 27.7 Å². The molecule has 0 saturated carbocycles. The van der Waals surface area contributed by atoms with E-state index in [9.17, 15) is 10.1 Å². The first kappa shape index (κ1) is 24.9. The fourth-order valence-corrected chi connectivity index (χ4v) is 5.61.